The van der Waals surface area contributed by atoms with Crippen molar-refractivity contribution in [3.05, 3.63) is 29.8 Å². The summed E-state index contributed by atoms with van der Waals surface area (Å²) in [5.74, 6) is 0.397. The molecule has 2 rings (SSSR count). The minimum atomic E-state index is -3.47. The summed E-state index contributed by atoms with van der Waals surface area (Å²) in [6, 6.07) is 6.98. The van der Waals surface area contributed by atoms with E-state index in [4.69, 9.17) is 5.73 Å². The molecule has 5 heteroatoms. The van der Waals surface area contributed by atoms with Crippen LogP contribution in [-0.4, -0.2) is 14.5 Å². The van der Waals surface area contributed by atoms with E-state index in [1.165, 1.54) is 6.42 Å². The molecule has 4 nitrogen and oxygen atoms in total. The average Bonchev–Trinajstić information content (AvgIpc) is 2.41. The van der Waals surface area contributed by atoms with Gasteiger partial charge < -0.3 is 5.73 Å². The fraction of sp³-hybridized carbons (Fsp3) is 0.571. The van der Waals surface area contributed by atoms with Gasteiger partial charge in [0.2, 0.25) is 10.0 Å². The van der Waals surface area contributed by atoms with Crippen LogP contribution < -0.4 is 10.5 Å². The van der Waals surface area contributed by atoms with E-state index in [1.807, 2.05) is 6.07 Å². The van der Waals surface area contributed by atoms with Crippen LogP contribution in [0.4, 0.5) is 0 Å². The summed E-state index contributed by atoms with van der Waals surface area (Å²) in [6.07, 6.45) is 4.30. The lowest BCUT2D eigenvalue weighted by molar-refractivity contribution is 0.310. The SMILES string of the molecule is CC1CCCCC1NS(=O)(=O)c1ccccc1CN. The van der Waals surface area contributed by atoms with E-state index in [9.17, 15) is 8.42 Å². The van der Waals surface area contributed by atoms with Crippen molar-refractivity contribution in [1.82, 2.24) is 4.72 Å². The Hall–Kier alpha value is -0.910. The molecular weight excluding hydrogens is 260 g/mol. The van der Waals surface area contributed by atoms with Crippen LogP contribution in [0.2, 0.25) is 0 Å². The number of nitrogens with two attached hydrogens (primary N) is 1. The molecule has 1 saturated carbocycles. The molecule has 19 heavy (non-hydrogen) atoms. The average molecular weight is 282 g/mol. The molecule has 3 N–H and O–H groups in total. The van der Waals surface area contributed by atoms with Crippen LogP contribution in [0, 0.1) is 5.92 Å². The van der Waals surface area contributed by atoms with E-state index in [0.29, 0.717) is 16.4 Å². The van der Waals surface area contributed by atoms with Crippen molar-refractivity contribution in [1.29, 1.82) is 0 Å². The van der Waals surface area contributed by atoms with Crippen molar-refractivity contribution in [2.45, 2.75) is 50.1 Å². The van der Waals surface area contributed by atoms with Crippen LogP contribution in [0.25, 0.3) is 0 Å². The van der Waals surface area contributed by atoms with Gasteiger partial charge in [0, 0.05) is 12.6 Å². The number of rotatable bonds is 4. The third kappa shape index (κ3) is 3.35. The molecule has 2 unspecified atom stereocenters. The Balaban J connectivity index is 2.22. The van der Waals surface area contributed by atoms with Gasteiger partial charge in [0.05, 0.1) is 4.90 Å². The summed E-state index contributed by atoms with van der Waals surface area (Å²) >= 11 is 0. The predicted octanol–water partition coefficient (Wildman–Crippen LogP) is 2.00. The van der Waals surface area contributed by atoms with Gasteiger partial charge in [-0.3, -0.25) is 0 Å². The zero-order valence-corrected chi connectivity index (χ0v) is 12.1. The lowest BCUT2D eigenvalue weighted by atomic mass is 9.87. The monoisotopic (exact) mass is 282 g/mol. The Labute approximate surface area is 115 Å². The molecule has 1 aromatic carbocycles. The second kappa shape index (κ2) is 6.03. The number of sulfonamides is 1. The zero-order chi connectivity index (χ0) is 13.9. The highest BCUT2D eigenvalue weighted by Gasteiger charge is 2.27. The van der Waals surface area contributed by atoms with E-state index in [1.54, 1.807) is 18.2 Å². The maximum absolute atomic E-state index is 12.5. The Bertz CT molecular complexity index is 528. The molecule has 0 aliphatic heterocycles. The van der Waals surface area contributed by atoms with Crippen LogP contribution in [0.3, 0.4) is 0 Å². The van der Waals surface area contributed by atoms with Gasteiger partial charge in [0.25, 0.3) is 0 Å². The van der Waals surface area contributed by atoms with Gasteiger partial charge in [-0.25, -0.2) is 13.1 Å². The lowest BCUT2D eigenvalue weighted by Gasteiger charge is -2.29. The summed E-state index contributed by atoms with van der Waals surface area (Å²) in [4.78, 5) is 0.315. The zero-order valence-electron chi connectivity index (χ0n) is 11.3. The van der Waals surface area contributed by atoms with Gasteiger partial charge in [0.15, 0.2) is 0 Å². The molecular formula is C14H22N2O2S. The quantitative estimate of drug-likeness (QED) is 0.887. The van der Waals surface area contributed by atoms with Crippen molar-refractivity contribution in [2.24, 2.45) is 11.7 Å². The molecule has 1 aromatic rings. The van der Waals surface area contributed by atoms with Crippen molar-refractivity contribution in [3.8, 4) is 0 Å². The number of hydrogen-bond donors (Lipinski definition) is 2. The summed E-state index contributed by atoms with van der Waals surface area (Å²) in [6.45, 7) is 2.35. The van der Waals surface area contributed by atoms with Gasteiger partial charge in [0.1, 0.15) is 0 Å². The van der Waals surface area contributed by atoms with E-state index in [2.05, 4.69) is 11.6 Å². The summed E-state index contributed by atoms with van der Waals surface area (Å²) in [5.41, 5.74) is 6.28. The second-order valence-corrected chi connectivity index (χ2v) is 6.98. The van der Waals surface area contributed by atoms with Crippen molar-refractivity contribution in [2.75, 3.05) is 0 Å². The van der Waals surface area contributed by atoms with E-state index in [-0.39, 0.29) is 12.6 Å². The Kier molecular flexibility index (Phi) is 4.60. The third-order valence-corrected chi connectivity index (χ3v) is 5.49. The largest absolute Gasteiger partial charge is 0.326 e. The highest BCUT2D eigenvalue weighted by atomic mass is 32.2. The van der Waals surface area contributed by atoms with Crippen LogP contribution >= 0.6 is 0 Å². The molecule has 0 saturated heterocycles. The molecule has 0 heterocycles. The highest BCUT2D eigenvalue weighted by Crippen LogP contribution is 2.25. The molecule has 0 amide bonds. The number of hydrogen-bond acceptors (Lipinski definition) is 3. The smallest absolute Gasteiger partial charge is 0.241 e. The Morgan fingerprint density at radius 2 is 1.95 bits per heavy atom. The fourth-order valence-corrected chi connectivity index (χ4v) is 4.32. The van der Waals surface area contributed by atoms with E-state index >= 15 is 0 Å². The first kappa shape index (κ1) is 14.5. The van der Waals surface area contributed by atoms with Crippen LogP contribution in [0.1, 0.15) is 38.2 Å². The minimum Gasteiger partial charge on any atom is -0.326 e. The first-order chi connectivity index (χ1) is 9.04. The van der Waals surface area contributed by atoms with Crippen LogP contribution in [0.5, 0.6) is 0 Å². The van der Waals surface area contributed by atoms with E-state index in [0.717, 1.165) is 19.3 Å². The summed E-state index contributed by atoms with van der Waals surface area (Å²) in [5, 5.41) is 0. The molecule has 0 aromatic heterocycles. The topological polar surface area (TPSA) is 72.2 Å². The van der Waals surface area contributed by atoms with Gasteiger partial charge in [-0.1, -0.05) is 38.0 Å². The molecule has 0 radical (unpaired) electrons. The molecule has 1 aliphatic rings. The van der Waals surface area contributed by atoms with Crippen molar-refractivity contribution >= 4 is 10.0 Å². The highest BCUT2D eigenvalue weighted by molar-refractivity contribution is 7.89. The lowest BCUT2D eigenvalue weighted by Crippen LogP contribution is -2.41. The normalized spacial score (nSPS) is 24.3. The van der Waals surface area contributed by atoms with Gasteiger partial charge in [-0.05, 0) is 30.4 Å². The predicted molar refractivity (Wildman–Crippen MR) is 76.1 cm³/mol. The molecule has 0 bridgehead atoms. The molecule has 1 fully saturated rings. The van der Waals surface area contributed by atoms with E-state index < -0.39 is 10.0 Å². The van der Waals surface area contributed by atoms with Gasteiger partial charge in [-0.15, -0.1) is 0 Å². The molecule has 1 aliphatic carbocycles. The second-order valence-electron chi connectivity index (χ2n) is 5.30. The maximum atomic E-state index is 12.5. The Morgan fingerprint density at radius 1 is 1.26 bits per heavy atom. The standard InChI is InChI=1S/C14H22N2O2S/c1-11-6-2-4-8-13(11)16-19(17,18)14-9-5-3-7-12(14)10-15/h3,5,7,9,11,13,16H,2,4,6,8,10,15H2,1H3. The minimum absolute atomic E-state index is 0.0459. The third-order valence-electron chi connectivity index (χ3n) is 3.90. The summed E-state index contributed by atoms with van der Waals surface area (Å²) in [7, 11) is -3.47. The summed E-state index contributed by atoms with van der Waals surface area (Å²) < 4.78 is 27.8. The van der Waals surface area contributed by atoms with Crippen LogP contribution in [0.15, 0.2) is 29.2 Å². The fourth-order valence-electron chi connectivity index (χ4n) is 2.69. The van der Waals surface area contributed by atoms with Gasteiger partial charge in [-0.2, -0.15) is 0 Å². The maximum Gasteiger partial charge on any atom is 0.241 e. The van der Waals surface area contributed by atoms with Crippen molar-refractivity contribution < 1.29 is 8.42 Å². The first-order valence-corrected chi connectivity index (χ1v) is 8.33. The van der Waals surface area contributed by atoms with Crippen molar-refractivity contribution in [3.63, 3.8) is 0 Å². The Morgan fingerprint density at radius 3 is 2.63 bits per heavy atom. The number of nitrogens with one attached hydrogen (secondary N) is 1. The first-order valence-electron chi connectivity index (χ1n) is 6.85. The molecule has 2 atom stereocenters. The number of benzene rings is 1. The van der Waals surface area contributed by atoms with Gasteiger partial charge >= 0.3 is 0 Å². The molecule has 106 valence electrons. The molecule has 0 spiro atoms. The van der Waals surface area contributed by atoms with Crippen LogP contribution in [-0.2, 0) is 16.6 Å².